The molecule has 18 heavy (non-hydrogen) atoms. The zero-order valence-electron chi connectivity index (χ0n) is 11.7. The van der Waals surface area contributed by atoms with Gasteiger partial charge < -0.3 is 16.2 Å². The Kier molecular flexibility index (Phi) is 6.33. The number of aryl methyl sites for hydroxylation is 1. The molecule has 0 amide bonds. The molecule has 0 fully saturated rings. The summed E-state index contributed by atoms with van der Waals surface area (Å²) in [5.41, 5.74) is 9.77. The lowest BCUT2D eigenvalue weighted by Crippen LogP contribution is -2.37. The summed E-state index contributed by atoms with van der Waals surface area (Å²) in [6.45, 7) is 7.19. The minimum atomic E-state index is 0.168. The Hall–Kier alpha value is -0.900. The highest BCUT2D eigenvalue weighted by molar-refractivity contribution is 5.35. The molecule has 1 rings (SSSR count). The molecule has 0 bridgehead atoms. The van der Waals surface area contributed by atoms with Crippen molar-refractivity contribution >= 4 is 0 Å². The lowest BCUT2D eigenvalue weighted by molar-refractivity contribution is 0.255. The lowest BCUT2D eigenvalue weighted by atomic mass is 9.96. The van der Waals surface area contributed by atoms with Crippen molar-refractivity contribution in [1.82, 2.24) is 5.32 Å². The highest BCUT2D eigenvalue weighted by Crippen LogP contribution is 2.21. The van der Waals surface area contributed by atoms with Crippen molar-refractivity contribution in [1.29, 1.82) is 0 Å². The van der Waals surface area contributed by atoms with Crippen LogP contribution in [0.4, 0.5) is 0 Å². The standard InChI is InChI=1S/C15H26N2O/c1-4-13(8-9-18)17-15(10-16)14-7-5-6-11(2)12(14)3/h5-7,13,15,17-18H,4,8-10,16H2,1-3H3. The summed E-state index contributed by atoms with van der Waals surface area (Å²) >= 11 is 0. The summed E-state index contributed by atoms with van der Waals surface area (Å²) in [5, 5.41) is 12.6. The normalized spacial score (nSPS) is 14.5. The minimum Gasteiger partial charge on any atom is -0.396 e. The zero-order chi connectivity index (χ0) is 13.5. The molecule has 4 N–H and O–H groups in total. The molecular weight excluding hydrogens is 224 g/mol. The Morgan fingerprint density at radius 1 is 1.33 bits per heavy atom. The van der Waals surface area contributed by atoms with Crippen LogP contribution in [0.3, 0.4) is 0 Å². The largest absolute Gasteiger partial charge is 0.396 e. The topological polar surface area (TPSA) is 58.3 Å². The summed E-state index contributed by atoms with van der Waals surface area (Å²) in [7, 11) is 0. The average molecular weight is 250 g/mol. The summed E-state index contributed by atoms with van der Waals surface area (Å²) in [4.78, 5) is 0. The smallest absolute Gasteiger partial charge is 0.0449 e. The Morgan fingerprint density at radius 2 is 2.06 bits per heavy atom. The van der Waals surface area contributed by atoms with Crippen molar-refractivity contribution in [2.45, 2.75) is 45.7 Å². The maximum atomic E-state index is 9.05. The summed E-state index contributed by atoms with van der Waals surface area (Å²) in [5.74, 6) is 0. The molecule has 0 aliphatic carbocycles. The van der Waals surface area contributed by atoms with Crippen molar-refractivity contribution in [3.05, 3.63) is 34.9 Å². The molecule has 1 aromatic rings. The van der Waals surface area contributed by atoms with Crippen molar-refractivity contribution in [3.63, 3.8) is 0 Å². The molecule has 0 spiro atoms. The molecule has 0 aliphatic rings. The third-order valence-corrected chi connectivity index (χ3v) is 3.66. The van der Waals surface area contributed by atoms with Gasteiger partial charge in [0.1, 0.15) is 0 Å². The van der Waals surface area contributed by atoms with Gasteiger partial charge in [0, 0.05) is 25.2 Å². The molecular formula is C15H26N2O. The van der Waals surface area contributed by atoms with E-state index in [0.29, 0.717) is 12.6 Å². The van der Waals surface area contributed by atoms with Gasteiger partial charge in [-0.1, -0.05) is 25.1 Å². The molecule has 102 valence electrons. The van der Waals surface area contributed by atoms with Gasteiger partial charge in [-0.15, -0.1) is 0 Å². The first kappa shape index (κ1) is 15.2. The van der Waals surface area contributed by atoms with Gasteiger partial charge in [-0.05, 0) is 43.4 Å². The first-order valence-electron chi connectivity index (χ1n) is 6.77. The predicted octanol–water partition coefficient (Wildman–Crippen LogP) is 2.05. The number of nitrogens with two attached hydrogens (primary N) is 1. The highest BCUT2D eigenvalue weighted by atomic mass is 16.3. The van der Waals surface area contributed by atoms with E-state index in [1.165, 1.54) is 16.7 Å². The summed E-state index contributed by atoms with van der Waals surface area (Å²) < 4.78 is 0. The van der Waals surface area contributed by atoms with Crippen LogP contribution in [0.2, 0.25) is 0 Å². The molecule has 0 heterocycles. The van der Waals surface area contributed by atoms with Crippen LogP contribution in [0, 0.1) is 13.8 Å². The average Bonchev–Trinajstić information content (AvgIpc) is 2.38. The Morgan fingerprint density at radius 3 is 2.61 bits per heavy atom. The minimum absolute atomic E-state index is 0.168. The lowest BCUT2D eigenvalue weighted by Gasteiger charge is -2.25. The summed E-state index contributed by atoms with van der Waals surface area (Å²) in [6, 6.07) is 6.83. The Balaban J connectivity index is 2.85. The van der Waals surface area contributed by atoms with Crippen LogP contribution >= 0.6 is 0 Å². The number of aliphatic hydroxyl groups is 1. The number of benzene rings is 1. The Labute approximate surface area is 110 Å². The van der Waals surface area contributed by atoms with Gasteiger partial charge >= 0.3 is 0 Å². The van der Waals surface area contributed by atoms with Gasteiger partial charge in [-0.25, -0.2) is 0 Å². The molecule has 0 saturated heterocycles. The van der Waals surface area contributed by atoms with Crippen molar-refractivity contribution in [2.75, 3.05) is 13.2 Å². The van der Waals surface area contributed by atoms with Crippen molar-refractivity contribution in [3.8, 4) is 0 Å². The summed E-state index contributed by atoms with van der Waals surface area (Å²) in [6.07, 6.45) is 1.78. The van der Waals surface area contributed by atoms with E-state index in [1.807, 2.05) is 0 Å². The second-order valence-corrected chi connectivity index (χ2v) is 4.86. The van der Waals surface area contributed by atoms with Gasteiger partial charge in [-0.3, -0.25) is 0 Å². The fourth-order valence-electron chi connectivity index (χ4n) is 2.28. The molecule has 1 aromatic carbocycles. The SMILES string of the molecule is CCC(CCO)NC(CN)c1cccc(C)c1C. The van der Waals surface area contributed by atoms with Crippen LogP contribution < -0.4 is 11.1 Å². The Bertz CT molecular complexity index is 366. The van der Waals surface area contributed by atoms with Crippen LogP contribution in [0.1, 0.15) is 42.5 Å². The van der Waals surface area contributed by atoms with Gasteiger partial charge in [0.25, 0.3) is 0 Å². The monoisotopic (exact) mass is 250 g/mol. The van der Waals surface area contributed by atoms with E-state index in [1.54, 1.807) is 0 Å². The number of aliphatic hydroxyl groups excluding tert-OH is 1. The predicted molar refractivity (Wildman–Crippen MR) is 76.6 cm³/mol. The second kappa shape index (κ2) is 7.52. The number of rotatable bonds is 7. The van der Waals surface area contributed by atoms with E-state index in [9.17, 15) is 0 Å². The molecule has 0 saturated carbocycles. The first-order chi connectivity index (χ1) is 8.63. The second-order valence-electron chi connectivity index (χ2n) is 4.86. The molecule has 0 aromatic heterocycles. The van der Waals surface area contributed by atoms with Gasteiger partial charge in [0.15, 0.2) is 0 Å². The highest BCUT2D eigenvalue weighted by Gasteiger charge is 2.16. The molecule has 3 nitrogen and oxygen atoms in total. The molecule has 0 aliphatic heterocycles. The van der Waals surface area contributed by atoms with E-state index >= 15 is 0 Å². The van der Waals surface area contributed by atoms with Gasteiger partial charge in [0.2, 0.25) is 0 Å². The molecule has 2 unspecified atom stereocenters. The van der Waals surface area contributed by atoms with Crippen molar-refractivity contribution < 1.29 is 5.11 Å². The maximum absolute atomic E-state index is 9.05. The van der Waals surface area contributed by atoms with Crippen LogP contribution in [0.5, 0.6) is 0 Å². The molecule has 2 atom stereocenters. The number of hydrogen-bond donors (Lipinski definition) is 3. The first-order valence-corrected chi connectivity index (χ1v) is 6.77. The zero-order valence-corrected chi connectivity index (χ0v) is 11.7. The third kappa shape index (κ3) is 3.80. The van der Waals surface area contributed by atoms with Gasteiger partial charge in [-0.2, -0.15) is 0 Å². The van der Waals surface area contributed by atoms with Crippen LogP contribution in [-0.4, -0.2) is 24.3 Å². The molecule has 3 heteroatoms. The van der Waals surface area contributed by atoms with Gasteiger partial charge in [0.05, 0.1) is 0 Å². The quantitative estimate of drug-likeness (QED) is 0.694. The van der Waals surface area contributed by atoms with E-state index < -0.39 is 0 Å². The number of nitrogens with one attached hydrogen (secondary N) is 1. The van der Waals surface area contributed by atoms with Crippen LogP contribution in [-0.2, 0) is 0 Å². The fraction of sp³-hybridized carbons (Fsp3) is 0.600. The maximum Gasteiger partial charge on any atom is 0.0449 e. The fourth-order valence-corrected chi connectivity index (χ4v) is 2.28. The van der Waals surface area contributed by atoms with E-state index in [4.69, 9.17) is 10.8 Å². The van der Waals surface area contributed by atoms with Crippen LogP contribution in [0.25, 0.3) is 0 Å². The van der Waals surface area contributed by atoms with E-state index in [-0.39, 0.29) is 12.6 Å². The molecule has 0 radical (unpaired) electrons. The third-order valence-electron chi connectivity index (χ3n) is 3.66. The van der Waals surface area contributed by atoms with E-state index in [0.717, 1.165) is 12.8 Å². The van der Waals surface area contributed by atoms with Crippen molar-refractivity contribution in [2.24, 2.45) is 5.73 Å². The van der Waals surface area contributed by atoms with E-state index in [2.05, 4.69) is 44.3 Å². The van der Waals surface area contributed by atoms with Crippen LogP contribution in [0.15, 0.2) is 18.2 Å². The number of hydrogen-bond acceptors (Lipinski definition) is 3.